The number of guanidine groups is 1. The molecular formula is C15H29N3O2S. The van der Waals surface area contributed by atoms with Gasteiger partial charge >= 0.3 is 5.97 Å². The molecule has 6 heteroatoms. The molecule has 1 heterocycles. The molecular weight excluding hydrogens is 286 g/mol. The highest BCUT2D eigenvalue weighted by Gasteiger charge is 2.24. The molecule has 21 heavy (non-hydrogen) atoms. The van der Waals surface area contributed by atoms with Gasteiger partial charge in [0, 0.05) is 44.1 Å². The third kappa shape index (κ3) is 6.59. The largest absolute Gasteiger partial charge is 0.466 e. The average molecular weight is 315 g/mol. The van der Waals surface area contributed by atoms with Crippen molar-refractivity contribution in [2.75, 3.05) is 39.0 Å². The number of carbonyl (C=O) groups is 1. The van der Waals surface area contributed by atoms with Gasteiger partial charge in [0.15, 0.2) is 5.96 Å². The van der Waals surface area contributed by atoms with E-state index in [1.165, 1.54) is 0 Å². The molecule has 0 spiro atoms. The predicted octanol–water partition coefficient (Wildman–Crippen LogP) is 1.98. The second-order valence-electron chi connectivity index (χ2n) is 5.48. The number of hydrogen-bond acceptors (Lipinski definition) is 4. The number of nitrogens with zero attached hydrogens (tertiary/aromatic N) is 2. The number of esters is 1. The Bertz CT molecular complexity index is 348. The molecule has 0 aromatic rings. The van der Waals surface area contributed by atoms with E-state index in [0.29, 0.717) is 24.2 Å². The standard InChI is InChI=1S/C15H29N3O2S/c1-5-20-14(19)7-6-8-17-15(16-4)18-9-10-21-13(11-18)12(2)3/h12-13H,5-11H2,1-4H3,(H,16,17). The SMILES string of the molecule is CCOC(=O)CCCNC(=NC)N1CCSC(C(C)C)C1. The van der Waals surface area contributed by atoms with Gasteiger partial charge in [-0.1, -0.05) is 13.8 Å². The third-order valence-corrected chi connectivity index (χ3v) is 5.03. The Balaban J connectivity index is 2.33. The molecule has 1 unspecified atom stereocenters. The zero-order valence-corrected chi connectivity index (χ0v) is 14.5. The summed E-state index contributed by atoms with van der Waals surface area (Å²) in [5.41, 5.74) is 0. The van der Waals surface area contributed by atoms with Crippen LogP contribution in [0.2, 0.25) is 0 Å². The highest BCUT2D eigenvalue weighted by molar-refractivity contribution is 8.00. The second-order valence-corrected chi connectivity index (χ2v) is 6.83. The van der Waals surface area contributed by atoms with Crippen LogP contribution in [0.3, 0.4) is 0 Å². The smallest absolute Gasteiger partial charge is 0.305 e. The van der Waals surface area contributed by atoms with Crippen molar-refractivity contribution in [3.63, 3.8) is 0 Å². The first-order chi connectivity index (χ1) is 10.1. The third-order valence-electron chi connectivity index (χ3n) is 3.49. The number of rotatable bonds is 6. The van der Waals surface area contributed by atoms with E-state index >= 15 is 0 Å². The van der Waals surface area contributed by atoms with Crippen molar-refractivity contribution in [1.29, 1.82) is 0 Å². The van der Waals surface area contributed by atoms with E-state index in [9.17, 15) is 4.79 Å². The molecule has 0 amide bonds. The number of carbonyl (C=O) groups excluding carboxylic acids is 1. The van der Waals surface area contributed by atoms with Crippen LogP contribution in [-0.2, 0) is 9.53 Å². The molecule has 0 aliphatic carbocycles. The molecule has 1 fully saturated rings. The number of nitrogens with one attached hydrogen (secondary N) is 1. The lowest BCUT2D eigenvalue weighted by Gasteiger charge is -2.36. The summed E-state index contributed by atoms with van der Waals surface area (Å²) in [6, 6.07) is 0. The first-order valence-electron chi connectivity index (χ1n) is 7.81. The second kappa shape index (κ2) is 9.92. The number of hydrogen-bond donors (Lipinski definition) is 1. The zero-order valence-electron chi connectivity index (χ0n) is 13.7. The van der Waals surface area contributed by atoms with Crippen LogP contribution >= 0.6 is 11.8 Å². The van der Waals surface area contributed by atoms with Crippen molar-refractivity contribution >= 4 is 23.7 Å². The van der Waals surface area contributed by atoms with Crippen LogP contribution < -0.4 is 5.32 Å². The highest BCUT2D eigenvalue weighted by Crippen LogP contribution is 2.24. The van der Waals surface area contributed by atoms with Gasteiger partial charge in [0.1, 0.15) is 0 Å². The molecule has 0 bridgehead atoms. The van der Waals surface area contributed by atoms with Crippen molar-refractivity contribution in [3.8, 4) is 0 Å². The maximum Gasteiger partial charge on any atom is 0.305 e. The molecule has 1 N–H and O–H groups in total. The summed E-state index contributed by atoms with van der Waals surface area (Å²) in [5.74, 6) is 2.65. The van der Waals surface area contributed by atoms with Crippen LogP contribution in [-0.4, -0.2) is 61.1 Å². The van der Waals surface area contributed by atoms with Gasteiger partial charge in [-0.15, -0.1) is 0 Å². The predicted molar refractivity (Wildman–Crippen MR) is 89.9 cm³/mol. The van der Waals surface area contributed by atoms with E-state index < -0.39 is 0 Å². The van der Waals surface area contributed by atoms with E-state index in [4.69, 9.17) is 4.74 Å². The quantitative estimate of drug-likeness (QED) is 0.351. The molecule has 0 aromatic heterocycles. The Kier molecular flexibility index (Phi) is 8.57. The fraction of sp³-hybridized carbons (Fsp3) is 0.867. The monoisotopic (exact) mass is 315 g/mol. The Labute approximate surface area is 132 Å². The molecule has 1 atom stereocenters. The minimum atomic E-state index is -0.122. The molecule has 1 aliphatic heterocycles. The first kappa shape index (κ1) is 18.1. The Morgan fingerprint density at radius 3 is 2.90 bits per heavy atom. The molecule has 5 nitrogen and oxygen atoms in total. The summed E-state index contributed by atoms with van der Waals surface area (Å²) in [7, 11) is 1.82. The van der Waals surface area contributed by atoms with Crippen LogP contribution in [0.4, 0.5) is 0 Å². The molecule has 0 radical (unpaired) electrons. The van der Waals surface area contributed by atoms with Crippen molar-refractivity contribution < 1.29 is 9.53 Å². The van der Waals surface area contributed by atoms with Crippen molar-refractivity contribution in [3.05, 3.63) is 0 Å². The minimum Gasteiger partial charge on any atom is -0.466 e. The van der Waals surface area contributed by atoms with Gasteiger partial charge in [0.05, 0.1) is 6.61 Å². The van der Waals surface area contributed by atoms with E-state index in [0.717, 1.165) is 37.8 Å². The summed E-state index contributed by atoms with van der Waals surface area (Å²) >= 11 is 2.06. The Hall–Kier alpha value is -0.910. The maximum atomic E-state index is 11.3. The molecule has 1 aliphatic rings. The molecule has 1 rings (SSSR count). The van der Waals surface area contributed by atoms with E-state index in [1.807, 2.05) is 14.0 Å². The van der Waals surface area contributed by atoms with Crippen LogP contribution in [0.15, 0.2) is 4.99 Å². The van der Waals surface area contributed by atoms with Gasteiger partial charge in [0.2, 0.25) is 0 Å². The number of aliphatic imine (C=N–C) groups is 1. The van der Waals surface area contributed by atoms with Gasteiger partial charge < -0.3 is 15.0 Å². The van der Waals surface area contributed by atoms with Gasteiger partial charge in [-0.3, -0.25) is 9.79 Å². The number of thioether (sulfide) groups is 1. The van der Waals surface area contributed by atoms with Crippen LogP contribution in [0.5, 0.6) is 0 Å². The molecule has 0 aromatic carbocycles. The van der Waals surface area contributed by atoms with Gasteiger partial charge in [-0.05, 0) is 19.3 Å². The van der Waals surface area contributed by atoms with E-state index in [-0.39, 0.29) is 5.97 Å². The Morgan fingerprint density at radius 2 is 2.29 bits per heavy atom. The summed E-state index contributed by atoms with van der Waals surface area (Å²) in [5, 5.41) is 4.02. The summed E-state index contributed by atoms with van der Waals surface area (Å²) in [4.78, 5) is 18.0. The summed E-state index contributed by atoms with van der Waals surface area (Å²) < 4.78 is 4.92. The van der Waals surface area contributed by atoms with E-state index in [2.05, 4.69) is 40.8 Å². The maximum absolute atomic E-state index is 11.3. The molecule has 0 saturated carbocycles. The fourth-order valence-corrected chi connectivity index (χ4v) is 3.57. The average Bonchev–Trinajstić information content (AvgIpc) is 2.47. The van der Waals surface area contributed by atoms with Crippen molar-refractivity contribution in [1.82, 2.24) is 10.2 Å². The Morgan fingerprint density at radius 1 is 1.52 bits per heavy atom. The molecule has 122 valence electrons. The summed E-state index contributed by atoms with van der Waals surface area (Å²) in [6.07, 6.45) is 1.23. The lowest BCUT2D eigenvalue weighted by Crippen LogP contribution is -2.49. The van der Waals surface area contributed by atoms with Crippen molar-refractivity contribution in [2.24, 2.45) is 10.9 Å². The summed E-state index contributed by atoms with van der Waals surface area (Å²) in [6.45, 7) is 9.66. The fourth-order valence-electron chi connectivity index (χ4n) is 2.27. The van der Waals surface area contributed by atoms with Gasteiger partial charge in [-0.2, -0.15) is 11.8 Å². The van der Waals surface area contributed by atoms with Crippen LogP contribution in [0.1, 0.15) is 33.6 Å². The number of ether oxygens (including phenoxy) is 1. The van der Waals surface area contributed by atoms with Gasteiger partial charge in [-0.25, -0.2) is 0 Å². The van der Waals surface area contributed by atoms with Crippen LogP contribution in [0, 0.1) is 5.92 Å². The highest BCUT2D eigenvalue weighted by atomic mass is 32.2. The normalized spacial score (nSPS) is 19.8. The topological polar surface area (TPSA) is 53.9 Å². The van der Waals surface area contributed by atoms with Crippen LogP contribution in [0.25, 0.3) is 0 Å². The lowest BCUT2D eigenvalue weighted by molar-refractivity contribution is -0.143. The first-order valence-corrected chi connectivity index (χ1v) is 8.86. The lowest BCUT2D eigenvalue weighted by atomic mass is 10.1. The van der Waals surface area contributed by atoms with E-state index in [1.54, 1.807) is 0 Å². The zero-order chi connectivity index (χ0) is 15.7. The van der Waals surface area contributed by atoms with Crippen molar-refractivity contribution in [2.45, 2.75) is 38.9 Å². The molecule has 1 saturated heterocycles. The van der Waals surface area contributed by atoms with Gasteiger partial charge in [0.25, 0.3) is 0 Å². The minimum absolute atomic E-state index is 0.122.